The van der Waals surface area contributed by atoms with Gasteiger partial charge in [0, 0.05) is 4.47 Å². The Morgan fingerprint density at radius 2 is 2.00 bits per heavy atom. The van der Waals surface area contributed by atoms with Gasteiger partial charge in [0.05, 0.1) is 6.04 Å². The zero-order valence-electron chi connectivity index (χ0n) is 10.9. The first-order valence-corrected chi connectivity index (χ1v) is 7.13. The van der Waals surface area contributed by atoms with Crippen LogP contribution in [0.4, 0.5) is 5.82 Å². The number of tetrazole rings is 1. The predicted octanol–water partition coefficient (Wildman–Crippen LogP) is 2.85. The lowest BCUT2D eigenvalue weighted by Gasteiger charge is -2.17. The van der Waals surface area contributed by atoms with Crippen molar-refractivity contribution in [3.8, 4) is 0 Å². The number of fused-ring (bicyclic) bond motifs is 1. The number of nitrogens with zero attached hydrogens (tertiary/aromatic N) is 5. The van der Waals surface area contributed by atoms with Crippen LogP contribution in [0.5, 0.6) is 0 Å². The van der Waals surface area contributed by atoms with Crippen molar-refractivity contribution in [1.29, 1.82) is 0 Å². The third-order valence-corrected chi connectivity index (χ3v) is 3.60. The van der Waals surface area contributed by atoms with Gasteiger partial charge in [0.15, 0.2) is 5.65 Å². The average Bonchev–Trinajstić information content (AvgIpc) is 2.93. The summed E-state index contributed by atoms with van der Waals surface area (Å²) in [6, 6.07) is 12.2. The van der Waals surface area contributed by atoms with Crippen molar-refractivity contribution in [2.75, 3.05) is 5.32 Å². The minimum absolute atomic E-state index is 0.199. The van der Waals surface area contributed by atoms with Gasteiger partial charge in [-0.15, -0.1) is 14.8 Å². The summed E-state index contributed by atoms with van der Waals surface area (Å²) in [5.74, 6) is 0.750. The van der Waals surface area contributed by atoms with E-state index < -0.39 is 0 Å². The zero-order valence-corrected chi connectivity index (χ0v) is 12.4. The fraction of sp³-hybridized carbons (Fsp3) is 0.231. The second-order valence-corrected chi connectivity index (χ2v) is 5.32. The fourth-order valence-corrected chi connectivity index (χ4v) is 2.29. The van der Waals surface area contributed by atoms with E-state index in [2.05, 4.69) is 60.9 Å². The van der Waals surface area contributed by atoms with Gasteiger partial charge in [0.2, 0.25) is 0 Å². The Morgan fingerprint density at radius 1 is 1.20 bits per heavy atom. The summed E-state index contributed by atoms with van der Waals surface area (Å²) in [6.07, 6.45) is 0.955. The summed E-state index contributed by atoms with van der Waals surface area (Å²) in [5, 5.41) is 18.9. The molecule has 1 N–H and O–H groups in total. The smallest absolute Gasteiger partial charge is 0.200 e. The molecule has 0 bridgehead atoms. The van der Waals surface area contributed by atoms with Crippen LogP contribution in [0.25, 0.3) is 5.65 Å². The van der Waals surface area contributed by atoms with Gasteiger partial charge in [-0.25, -0.2) is 0 Å². The van der Waals surface area contributed by atoms with Crippen molar-refractivity contribution < 1.29 is 0 Å². The highest BCUT2D eigenvalue weighted by atomic mass is 79.9. The summed E-state index contributed by atoms with van der Waals surface area (Å²) in [7, 11) is 0. The molecule has 0 unspecified atom stereocenters. The molecule has 1 atom stereocenters. The number of benzene rings is 1. The minimum Gasteiger partial charge on any atom is -0.362 e. The standard InChI is InChI=1S/C13H13BrN6/c1-2-11(9-3-5-10(14)6-4-9)15-12-7-8-13-16-18-19-20(13)17-12/h3-8,11H,2H2,1H3,(H,15,17)/t11-/m1/s1. The van der Waals surface area contributed by atoms with E-state index >= 15 is 0 Å². The Morgan fingerprint density at radius 3 is 2.75 bits per heavy atom. The van der Waals surface area contributed by atoms with Gasteiger partial charge in [-0.3, -0.25) is 0 Å². The van der Waals surface area contributed by atoms with E-state index in [4.69, 9.17) is 0 Å². The maximum atomic E-state index is 4.33. The first kappa shape index (κ1) is 13.0. The predicted molar refractivity (Wildman–Crippen MR) is 79.4 cm³/mol. The number of hydrogen-bond acceptors (Lipinski definition) is 5. The van der Waals surface area contributed by atoms with Crippen LogP contribution in [0, 0.1) is 0 Å². The van der Waals surface area contributed by atoms with Crippen LogP contribution in [0.2, 0.25) is 0 Å². The molecule has 0 saturated heterocycles. The third kappa shape index (κ3) is 2.62. The monoisotopic (exact) mass is 332 g/mol. The molecule has 1 aromatic carbocycles. The lowest BCUT2D eigenvalue weighted by atomic mass is 10.0. The first-order chi connectivity index (χ1) is 9.76. The van der Waals surface area contributed by atoms with Crippen LogP contribution in [0.15, 0.2) is 40.9 Å². The lowest BCUT2D eigenvalue weighted by Crippen LogP contribution is -2.12. The van der Waals surface area contributed by atoms with Gasteiger partial charge in [0.25, 0.3) is 0 Å². The molecule has 7 heteroatoms. The lowest BCUT2D eigenvalue weighted by molar-refractivity contribution is 0.707. The normalized spacial score (nSPS) is 12.5. The molecule has 2 aromatic heterocycles. The van der Waals surface area contributed by atoms with E-state index in [1.165, 1.54) is 10.2 Å². The van der Waals surface area contributed by atoms with E-state index in [0.717, 1.165) is 16.7 Å². The van der Waals surface area contributed by atoms with Crippen LogP contribution >= 0.6 is 15.9 Å². The maximum absolute atomic E-state index is 4.33. The molecule has 6 nitrogen and oxygen atoms in total. The molecule has 0 spiro atoms. The summed E-state index contributed by atoms with van der Waals surface area (Å²) >= 11 is 3.45. The molecule has 20 heavy (non-hydrogen) atoms. The van der Waals surface area contributed by atoms with Crippen molar-refractivity contribution in [1.82, 2.24) is 25.3 Å². The van der Waals surface area contributed by atoms with Crippen LogP contribution in [-0.4, -0.2) is 25.3 Å². The van der Waals surface area contributed by atoms with E-state index in [1.807, 2.05) is 24.3 Å². The fourth-order valence-electron chi connectivity index (χ4n) is 2.02. The summed E-state index contributed by atoms with van der Waals surface area (Å²) in [6.45, 7) is 2.13. The Balaban J connectivity index is 1.84. The van der Waals surface area contributed by atoms with Crippen molar-refractivity contribution in [2.24, 2.45) is 0 Å². The topological polar surface area (TPSA) is 68.0 Å². The van der Waals surface area contributed by atoms with E-state index in [1.54, 1.807) is 0 Å². The molecular weight excluding hydrogens is 320 g/mol. The second kappa shape index (κ2) is 5.54. The van der Waals surface area contributed by atoms with Crippen LogP contribution in [0.3, 0.4) is 0 Å². The van der Waals surface area contributed by atoms with Gasteiger partial charge < -0.3 is 5.32 Å². The Labute approximate surface area is 124 Å². The average molecular weight is 333 g/mol. The van der Waals surface area contributed by atoms with Gasteiger partial charge in [0.1, 0.15) is 5.82 Å². The SMILES string of the molecule is CC[C@@H](Nc1ccc2nnnn2n1)c1ccc(Br)cc1. The second-order valence-electron chi connectivity index (χ2n) is 4.40. The summed E-state index contributed by atoms with van der Waals surface area (Å²) < 4.78 is 2.49. The molecule has 102 valence electrons. The Kier molecular flexibility index (Phi) is 3.60. The molecule has 0 aliphatic heterocycles. The molecule has 0 fully saturated rings. The van der Waals surface area contributed by atoms with Crippen LogP contribution < -0.4 is 5.32 Å². The number of aromatic nitrogens is 5. The molecule has 0 aliphatic carbocycles. The molecule has 2 heterocycles. The number of hydrogen-bond donors (Lipinski definition) is 1. The van der Waals surface area contributed by atoms with Gasteiger partial charge in [-0.2, -0.15) is 0 Å². The maximum Gasteiger partial charge on any atom is 0.200 e. The van der Waals surface area contributed by atoms with Crippen molar-refractivity contribution in [2.45, 2.75) is 19.4 Å². The minimum atomic E-state index is 0.199. The van der Waals surface area contributed by atoms with E-state index in [0.29, 0.717) is 5.65 Å². The molecule has 0 amide bonds. The highest BCUT2D eigenvalue weighted by Gasteiger charge is 2.10. The molecule has 3 aromatic rings. The number of halogens is 1. The van der Waals surface area contributed by atoms with Crippen LogP contribution in [0.1, 0.15) is 24.9 Å². The van der Waals surface area contributed by atoms with Gasteiger partial charge in [-0.1, -0.05) is 35.0 Å². The third-order valence-electron chi connectivity index (χ3n) is 3.07. The van der Waals surface area contributed by atoms with Crippen molar-refractivity contribution >= 4 is 27.4 Å². The molecule has 3 rings (SSSR count). The van der Waals surface area contributed by atoms with Crippen molar-refractivity contribution in [3.63, 3.8) is 0 Å². The van der Waals surface area contributed by atoms with Crippen LogP contribution in [-0.2, 0) is 0 Å². The summed E-state index contributed by atoms with van der Waals surface area (Å²) in [4.78, 5) is 0. The van der Waals surface area contributed by atoms with Gasteiger partial charge in [-0.05, 0) is 46.7 Å². The quantitative estimate of drug-likeness (QED) is 0.795. The molecule has 0 radical (unpaired) electrons. The molecule has 0 aliphatic rings. The molecule has 0 saturated carbocycles. The highest BCUT2D eigenvalue weighted by Crippen LogP contribution is 2.23. The number of anilines is 1. The highest BCUT2D eigenvalue weighted by molar-refractivity contribution is 9.10. The zero-order chi connectivity index (χ0) is 13.9. The van der Waals surface area contributed by atoms with Crippen molar-refractivity contribution in [3.05, 3.63) is 46.4 Å². The summed E-state index contributed by atoms with van der Waals surface area (Å²) in [5.41, 5.74) is 1.85. The molecular formula is C13H13BrN6. The van der Waals surface area contributed by atoms with E-state index in [-0.39, 0.29) is 6.04 Å². The Bertz CT molecular complexity index is 708. The van der Waals surface area contributed by atoms with E-state index in [9.17, 15) is 0 Å². The van der Waals surface area contributed by atoms with Gasteiger partial charge >= 0.3 is 0 Å². The first-order valence-electron chi connectivity index (χ1n) is 6.33. The number of nitrogens with one attached hydrogen (secondary N) is 1. The number of rotatable bonds is 4. The largest absolute Gasteiger partial charge is 0.362 e. The Hall–Kier alpha value is -2.02.